The molecule has 0 aliphatic carbocycles. The van der Waals surface area contributed by atoms with Crippen LogP contribution in [0.25, 0.3) is 11.0 Å². The molecule has 0 saturated carbocycles. The van der Waals surface area contributed by atoms with E-state index in [1.807, 2.05) is 6.07 Å². The topological polar surface area (TPSA) is 81.4 Å². The fraction of sp³-hybridized carbons (Fsp3) is 0.278. The van der Waals surface area contributed by atoms with Crippen LogP contribution in [0.1, 0.15) is 25.3 Å². The first-order valence-electron chi connectivity index (χ1n) is 8.04. The molecule has 0 saturated heterocycles. The highest BCUT2D eigenvalue weighted by Crippen LogP contribution is 2.24. The van der Waals surface area contributed by atoms with Crippen LogP contribution in [0.4, 0.5) is 5.13 Å². The van der Waals surface area contributed by atoms with Crippen LogP contribution in [-0.4, -0.2) is 17.5 Å². The van der Waals surface area contributed by atoms with Gasteiger partial charge < -0.3 is 9.15 Å². The average Bonchev–Trinajstić information content (AvgIpc) is 3.10. The van der Waals surface area contributed by atoms with Crippen LogP contribution in [0.2, 0.25) is 0 Å². The summed E-state index contributed by atoms with van der Waals surface area (Å²) in [7, 11) is 0. The smallest absolute Gasteiger partial charge is 0.336 e. The maximum Gasteiger partial charge on any atom is 0.336 e. The Morgan fingerprint density at radius 1 is 1.36 bits per heavy atom. The predicted molar refractivity (Wildman–Crippen MR) is 97.3 cm³/mol. The maximum absolute atomic E-state index is 11.8. The number of fused-ring (bicyclic) bond motifs is 1. The Kier molecular flexibility index (Phi) is 5.45. The molecule has 1 amide bonds. The summed E-state index contributed by atoms with van der Waals surface area (Å²) < 4.78 is 10.8. The van der Waals surface area contributed by atoms with Gasteiger partial charge >= 0.3 is 5.63 Å². The summed E-state index contributed by atoms with van der Waals surface area (Å²) in [5.74, 6) is 0.172. The van der Waals surface area contributed by atoms with Crippen molar-refractivity contribution in [2.45, 2.75) is 26.2 Å². The summed E-state index contributed by atoms with van der Waals surface area (Å²) >= 11 is 1.34. The van der Waals surface area contributed by atoms with Gasteiger partial charge in [-0.05, 0) is 30.5 Å². The van der Waals surface area contributed by atoms with Gasteiger partial charge in [-0.2, -0.15) is 0 Å². The van der Waals surface area contributed by atoms with Crippen molar-refractivity contribution in [1.29, 1.82) is 0 Å². The number of carbonyl (C=O) groups is 1. The maximum atomic E-state index is 11.8. The van der Waals surface area contributed by atoms with Gasteiger partial charge in [0.15, 0.2) is 11.7 Å². The van der Waals surface area contributed by atoms with E-state index >= 15 is 0 Å². The number of rotatable bonds is 7. The van der Waals surface area contributed by atoms with Gasteiger partial charge in [0.05, 0.1) is 0 Å². The van der Waals surface area contributed by atoms with Crippen LogP contribution in [0.5, 0.6) is 5.75 Å². The van der Waals surface area contributed by atoms with Crippen LogP contribution < -0.4 is 15.7 Å². The number of anilines is 1. The third kappa shape index (κ3) is 4.45. The number of aryl methyl sites for hydroxylation is 1. The summed E-state index contributed by atoms with van der Waals surface area (Å²) in [6.45, 7) is 1.96. The molecule has 0 atom stereocenters. The Hall–Kier alpha value is -2.67. The number of carbonyl (C=O) groups excluding carboxylic acids is 1. The van der Waals surface area contributed by atoms with E-state index in [2.05, 4.69) is 17.2 Å². The molecule has 0 spiro atoms. The lowest BCUT2D eigenvalue weighted by atomic mass is 10.0. The monoisotopic (exact) mass is 358 g/mol. The zero-order chi connectivity index (χ0) is 17.6. The van der Waals surface area contributed by atoms with E-state index in [-0.39, 0.29) is 18.1 Å². The number of benzene rings is 1. The molecule has 2 aromatic heterocycles. The average molecular weight is 358 g/mol. The Morgan fingerprint density at radius 3 is 3.00 bits per heavy atom. The third-order valence-electron chi connectivity index (χ3n) is 3.65. The van der Waals surface area contributed by atoms with Crippen LogP contribution in [0, 0.1) is 0 Å². The molecule has 1 aromatic carbocycles. The second kappa shape index (κ2) is 7.94. The minimum Gasteiger partial charge on any atom is -0.484 e. The molecule has 130 valence electrons. The molecule has 0 unspecified atom stereocenters. The Bertz CT molecular complexity index is 918. The standard InChI is InChI=1S/C18H18N2O4S/c1-2-3-4-12-9-17(22)24-15-10-13(5-6-14(12)15)23-11-16(21)20-18-19-7-8-25-18/h5-10H,2-4,11H2,1H3,(H,19,20,21). The molecule has 2 heterocycles. The van der Waals surface area contributed by atoms with Crippen molar-refractivity contribution >= 4 is 33.3 Å². The molecule has 3 aromatic rings. The van der Waals surface area contributed by atoms with Crippen molar-refractivity contribution in [3.63, 3.8) is 0 Å². The van der Waals surface area contributed by atoms with Crippen LogP contribution in [-0.2, 0) is 11.2 Å². The van der Waals surface area contributed by atoms with Gasteiger partial charge in [0.1, 0.15) is 11.3 Å². The van der Waals surface area contributed by atoms with E-state index in [4.69, 9.17) is 9.15 Å². The highest BCUT2D eigenvalue weighted by molar-refractivity contribution is 7.13. The first kappa shape index (κ1) is 17.2. The number of thiazole rings is 1. The molecular weight excluding hydrogens is 340 g/mol. The summed E-state index contributed by atoms with van der Waals surface area (Å²) in [4.78, 5) is 27.6. The van der Waals surface area contributed by atoms with Gasteiger partial charge in [-0.3, -0.25) is 10.1 Å². The number of nitrogens with zero attached hydrogens (tertiary/aromatic N) is 1. The lowest BCUT2D eigenvalue weighted by Crippen LogP contribution is -2.20. The van der Waals surface area contributed by atoms with Gasteiger partial charge in [0.25, 0.3) is 5.91 Å². The minimum absolute atomic E-state index is 0.148. The number of hydrogen-bond acceptors (Lipinski definition) is 6. The fourth-order valence-electron chi connectivity index (χ4n) is 2.46. The third-order valence-corrected chi connectivity index (χ3v) is 4.34. The summed E-state index contributed by atoms with van der Waals surface area (Å²) in [6, 6.07) is 6.81. The molecule has 1 N–H and O–H groups in total. The molecule has 0 bridgehead atoms. The zero-order valence-corrected chi connectivity index (χ0v) is 14.6. The summed E-state index contributed by atoms with van der Waals surface area (Å²) in [5, 5.41) is 5.84. The number of amides is 1. The van der Waals surface area contributed by atoms with Crippen LogP contribution in [0.15, 0.2) is 45.1 Å². The molecular formula is C18H18N2O4S. The van der Waals surface area contributed by atoms with E-state index in [9.17, 15) is 9.59 Å². The zero-order valence-electron chi connectivity index (χ0n) is 13.8. The van der Waals surface area contributed by atoms with Crippen molar-refractivity contribution in [3.05, 3.63) is 51.8 Å². The van der Waals surface area contributed by atoms with Crippen LogP contribution in [0.3, 0.4) is 0 Å². The molecule has 7 heteroatoms. The Morgan fingerprint density at radius 2 is 2.24 bits per heavy atom. The van der Waals surface area contributed by atoms with Gasteiger partial charge in [0.2, 0.25) is 0 Å². The quantitative estimate of drug-likeness (QED) is 0.653. The van der Waals surface area contributed by atoms with Crippen molar-refractivity contribution < 1.29 is 13.9 Å². The fourth-order valence-corrected chi connectivity index (χ4v) is 3.01. The Balaban J connectivity index is 1.72. The van der Waals surface area contributed by atoms with E-state index in [0.29, 0.717) is 16.5 Å². The van der Waals surface area contributed by atoms with Crippen molar-refractivity contribution in [3.8, 4) is 5.75 Å². The van der Waals surface area contributed by atoms with Gasteiger partial charge in [0, 0.05) is 29.1 Å². The van der Waals surface area contributed by atoms with E-state index in [1.165, 1.54) is 11.3 Å². The van der Waals surface area contributed by atoms with E-state index in [0.717, 1.165) is 30.2 Å². The molecule has 3 rings (SSSR count). The van der Waals surface area contributed by atoms with E-state index in [1.54, 1.807) is 29.8 Å². The highest BCUT2D eigenvalue weighted by atomic mass is 32.1. The number of hydrogen-bond donors (Lipinski definition) is 1. The second-order valence-corrected chi connectivity index (χ2v) is 6.42. The molecule has 0 fully saturated rings. The molecule has 25 heavy (non-hydrogen) atoms. The van der Waals surface area contributed by atoms with E-state index < -0.39 is 0 Å². The number of unbranched alkanes of at least 4 members (excludes halogenated alkanes) is 1. The summed E-state index contributed by atoms with van der Waals surface area (Å²) in [5.41, 5.74) is 1.06. The van der Waals surface area contributed by atoms with Gasteiger partial charge in [-0.25, -0.2) is 9.78 Å². The summed E-state index contributed by atoms with van der Waals surface area (Å²) in [6.07, 6.45) is 4.50. The molecule has 0 aliphatic heterocycles. The van der Waals surface area contributed by atoms with Gasteiger partial charge in [-0.15, -0.1) is 11.3 Å². The van der Waals surface area contributed by atoms with Gasteiger partial charge in [-0.1, -0.05) is 13.3 Å². The Labute approximate surface area is 148 Å². The van der Waals surface area contributed by atoms with Crippen molar-refractivity contribution in [2.24, 2.45) is 0 Å². The first-order chi connectivity index (χ1) is 12.2. The molecule has 0 radical (unpaired) electrons. The van der Waals surface area contributed by atoms with Crippen molar-refractivity contribution in [2.75, 3.05) is 11.9 Å². The number of aromatic nitrogens is 1. The van der Waals surface area contributed by atoms with Crippen LogP contribution >= 0.6 is 11.3 Å². The lowest BCUT2D eigenvalue weighted by molar-refractivity contribution is -0.118. The van der Waals surface area contributed by atoms with Crippen molar-refractivity contribution in [1.82, 2.24) is 4.98 Å². The SMILES string of the molecule is CCCCc1cc(=O)oc2cc(OCC(=O)Nc3nccs3)ccc12. The number of ether oxygens (including phenoxy) is 1. The lowest BCUT2D eigenvalue weighted by Gasteiger charge is -2.08. The number of nitrogens with one attached hydrogen (secondary N) is 1. The predicted octanol–water partition coefficient (Wildman–Crippen LogP) is 3.61. The normalized spacial score (nSPS) is 10.8. The largest absolute Gasteiger partial charge is 0.484 e. The minimum atomic E-state index is -0.378. The first-order valence-corrected chi connectivity index (χ1v) is 8.92. The second-order valence-electron chi connectivity index (χ2n) is 5.53. The molecule has 0 aliphatic rings. The molecule has 6 nitrogen and oxygen atoms in total. The highest BCUT2D eigenvalue weighted by Gasteiger charge is 2.09.